The van der Waals surface area contributed by atoms with E-state index < -0.39 is 0 Å². The number of hydrogen-bond donors (Lipinski definition) is 1. The summed E-state index contributed by atoms with van der Waals surface area (Å²) in [7, 11) is 1.88. The molecule has 7 heteroatoms. The Morgan fingerprint density at radius 2 is 1.65 bits per heavy atom. The minimum absolute atomic E-state index is 0. The lowest BCUT2D eigenvalue weighted by molar-refractivity contribution is -0.135. The molecule has 1 amide bonds. The summed E-state index contributed by atoms with van der Waals surface area (Å²) in [6.45, 7) is 8.52. The van der Waals surface area contributed by atoms with Gasteiger partial charge in [0.1, 0.15) is 0 Å². The maximum atomic E-state index is 12.7. The topological polar surface area (TPSA) is 51.2 Å². The normalized spacial score (nSPS) is 22.5. The van der Waals surface area contributed by atoms with Crippen LogP contribution in [0.3, 0.4) is 0 Å². The van der Waals surface area contributed by atoms with Gasteiger partial charge >= 0.3 is 0 Å². The Morgan fingerprint density at radius 3 is 2.19 bits per heavy atom. The number of nitrogens with one attached hydrogen (secondary N) is 1. The molecule has 1 atom stereocenters. The number of aliphatic imine (C=N–C) groups is 1. The molecule has 3 aliphatic rings. The highest BCUT2D eigenvalue weighted by molar-refractivity contribution is 14.0. The predicted octanol–water partition coefficient (Wildman–Crippen LogP) is 2.93. The fourth-order valence-electron chi connectivity index (χ4n) is 5.22. The fourth-order valence-corrected chi connectivity index (χ4v) is 5.22. The summed E-state index contributed by atoms with van der Waals surface area (Å²) in [5.74, 6) is 1.30. The van der Waals surface area contributed by atoms with Crippen molar-refractivity contribution in [2.75, 3.05) is 52.9 Å². The van der Waals surface area contributed by atoms with E-state index in [2.05, 4.69) is 57.4 Å². The average Bonchev–Trinajstić information content (AvgIpc) is 3.30. The molecule has 1 N–H and O–H groups in total. The Kier molecular flexibility index (Phi) is 8.61. The van der Waals surface area contributed by atoms with Crippen LogP contribution in [0.15, 0.2) is 35.3 Å². The molecule has 1 aromatic rings. The minimum atomic E-state index is -0.0171. The van der Waals surface area contributed by atoms with Gasteiger partial charge < -0.3 is 15.1 Å². The van der Waals surface area contributed by atoms with Gasteiger partial charge in [-0.1, -0.05) is 36.8 Å². The largest absolute Gasteiger partial charge is 0.355 e. The minimum Gasteiger partial charge on any atom is -0.355 e. The molecule has 1 aromatic carbocycles. The van der Waals surface area contributed by atoms with Gasteiger partial charge in [0, 0.05) is 58.3 Å². The van der Waals surface area contributed by atoms with Gasteiger partial charge in [-0.2, -0.15) is 0 Å². The lowest BCUT2D eigenvalue weighted by atomic mass is 9.64. The van der Waals surface area contributed by atoms with Gasteiger partial charge in [-0.25, -0.2) is 0 Å². The summed E-state index contributed by atoms with van der Waals surface area (Å²) in [6.07, 6.45) is 6.09. The summed E-state index contributed by atoms with van der Waals surface area (Å²) in [5.41, 5.74) is 1.69. The van der Waals surface area contributed by atoms with E-state index in [-0.39, 0.29) is 35.4 Å². The predicted molar refractivity (Wildman–Crippen MR) is 137 cm³/mol. The van der Waals surface area contributed by atoms with Gasteiger partial charge in [-0.15, -0.1) is 24.0 Å². The van der Waals surface area contributed by atoms with E-state index in [9.17, 15) is 4.79 Å². The first-order valence-corrected chi connectivity index (χ1v) is 11.7. The summed E-state index contributed by atoms with van der Waals surface area (Å²) in [5, 5.41) is 3.67. The molecule has 2 heterocycles. The molecule has 0 spiro atoms. The Morgan fingerprint density at radius 1 is 1.00 bits per heavy atom. The van der Waals surface area contributed by atoms with E-state index >= 15 is 0 Å². The molecule has 2 aliphatic heterocycles. The molecule has 0 bridgehead atoms. The van der Waals surface area contributed by atoms with Crippen molar-refractivity contribution in [3.05, 3.63) is 35.9 Å². The number of guanidine groups is 1. The van der Waals surface area contributed by atoms with Crippen molar-refractivity contribution in [3.63, 3.8) is 0 Å². The first-order valence-electron chi connectivity index (χ1n) is 11.7. The molecule has 6 nitrogen and oxygen atoms in total. The number of hydrogen-bond acceptors (Lipinski definition) is 3. The molecule has 31 heavy (non-hydrogen) atoms. The summed E-state index contributed by atoms with van der Waals surface area (Å²) in [4.78, 5) is 24.0. The Labute approximate surface area is 204 Å². The quantitative estimate of drug-likeness (QED) is 0.355. The summed E-state index contributed by atoms with van der Waals surface area (Å²) < 4.78 is 0. The van der Waals surface area contributed by atoms with Gasteiger partial charge in [0.15, 0.2) is 5.96 Å². The second-order valence-corrected chi connectivity index (χ2v) is 9.13. The van der Waals surface area contributed by atoms with Crippen LogP contribution in [0.25, 0.3) is 0 Å². The van der Waals surface area contributed by atoms with Gasteiger partial charge in [-0.3, -0.25) is 14.7 Å². The van der Waals surface area contributed by atoms with Crippen molar-refractivity contribution in [1.29, 1.82) is 0 Å². The maximum absolute atomic E-state index is 12.7. The zero-order chi connectivity index (χ0) is 21.0. The van der Waals surface area contributed by atoms with E-state index in [0.29, 0.717) is 5.91 Å². The molecule has 4 rings (SSSR count). The first-order chi connectivity index (χ1) is 14.6. The van der Waals surface area contributed by atoms with Crippen LogP contribution < -0.4 is 5.32 Å². The molecule has 172 valence electrons. The van der Waals surface area contributed by atoms with Crippen molar-refractivity contribution < 1.29 is 4.79 Å². The van der Waals surface area contributed by atoms with Gasteiger partial charge in [0.25, 0.3) is 0 Å². The van der Waals surface area contributed by atoms with E-state index in [1.807, 2.05) is 11.9 Å². The lowest BCUT2D eigenvalue weighted by Gasteiger charge is -2.44. The molecule has 0 aromatic heterocycles. The Bertz CT molecular complexity index is 738. The zero-order valence-electron chi connectivity index (χ0n) is 19.1. The third-order valence-electron chi connectivity index (χ3n) is 7.43. The van der Waals surface area contributed by atoms with E-state index in [1.54, 1.807) is 0 Å². The third-order valence-corrected chi connectivity index (χ3v) is 7.43. The van der Waals surface area contributed by atoms with Crippen molar-refractivity contribution >= 4 is 35.8 Å². The fraction of sp³-hybridized carbons (Fsp3) is 0.667. The Balaban J connectivity index is 0.00000272. The van der Waals surface area contributed by atoms with Crippen LogP contribution >= 0.6 is 24.0 Å². The summed E-state index contributed by atoms with van der Waals surface area (Å²) >= 11 is 0. The van der Waals surface area contributed by atoms with Crippen LogP contribution in [0.1, 0.15) is 44.6 Å². The van der Waals surface area contributed by atoms with E-state index in [0.717, 1.165) is 64.6 Å². The van der Waals surface area contributed by atoms with Gasteiger partial charge in [-0.05, 0) is 38.2 Å². The highest BCUT2D eigenvalue weighted by atomic mass is 127. The van der Waals surface area contributed by atoms with Crippen molar-refractivity contribution in [1.82, 2.24) is 20.0 Å². The van der Waals surface area contributed by atoms with Crippen molar-refractivity contribution in [2.45, 2.75) is 50.5 Å². The number of carbonyl (C=O) groups excluding carboxylic acids is 1. The molecular formula is C24H38IN5O. The Hall–Kier alpha value is -1.35. The lowest BCUT2D eigenvalue weighted by Crippen LogP contribution is -2.58. The number of carbonyl (C=O) groups is 1. The van der Waals surface area contributed by atoms with E-state index in [1.165, 1.54) is 24.8 Å². The molecule has 0 radical (unpaired) electrons. The molecule has 1 saturated carbocycles. The van der Waals surface area contributed by atoms with Crippen molar-refractivity contribution in [3.8, 4) is 0 Å². The number of likely N-dealkylation sites (tertiary alicyclic amines) is 1. The number of nitrogens with zero attached hydrogens (tertiary/aromatic N) is 4. The average molecular weight is 540 g/mol. The number of halogens is 1. The SMILES string of the molecule is CN=C(NCC1(c2ccccc2)CCC1)N1CCN(C(C)C(=O)N2CCCC2)CC1.I. The second-order valence-electron chi connectivity index (χ2n) is 9.13. The van der Waals surface area contributed by atoms with Crippen LogP contribution in [-0.2, 0) is 10.2 Å². The first kappa shape index (κ1) is 24.3. The number of piperazine rings is 1. The highest BCUT2D eigenvalue weighted by Gasteiger charge is 2.39. The van der Waals surface area contributed by atoms with Crippen LogP contribution in [-0.4, -0.2) is 85.5 Å². The van der Waals surface area contributed by atoms with Crippen LogP contribution in [0, 0.1) is 0 Å². The monoisotopic (exact) mass is 539 g/mol. The second kappa shape index (κ2) is 11.0. The third kappa shape index (κ3) is 5.35. The standard InChI is InChI=1S/C24H37N5O.HI/c1-20(22(30)28-13-6-7-14-28)27-15-17-29(18-16-27)23(25-2)26-19-24(11-8-12-24)21-9-4-3-5-10-21;/h3-5,9-10,20H,6-8,11-19H2,1-2H3,(H,25,26);1H. The highest BCUT2D eigenvalue weighted by Crippen LogP contribution is 2.43. The van der Waals surface area contributed by atoms with E-state index in [4.69, 9.17) is 0 Å². The number of amides is 1. The van der Waals surface area contributed by atoms with Crippen LogP contribution in [0.2, 0.25) is 0 Å². The number of benzene rings is 1. The molecule has 2 saturated heterocycles. The van der Waals surface area contributed by atoms with Crippen molar-refractivity contribution in [2.24, 2.45) is 4.99 Å². The smallest absolute Gasteiger partial charge is 0.239 e. The van der Waals surface area contributed by atoms with Gasteiger partial charge in [0.05, 0.1) is 6.04 Å². The molecule has 1 aliphatic carbocycles. The molecular weight excluding hydrogens is 501 g/mol. The maximum Gasteiger partial charge on any atom is 0.239 e. The van der Waals surface area contributed by atoms with Crippen LogP contribution in [0.4, 0.5) is 0 Å². The summed E-state index contributed by atoms with van der Waals surface area (Å²) in [6, 6.07) is 10.9. The number of rotatable bonds is 5. The van der Waals surface area contributed by atoms with Gasteiger partial charge in [0.2, 0.25) is 5.91 Å². The van der Waals surface area contributed by atoms with Crippen LogP contribution in [0.5, 0.6) is 0 Å². The molecule has 1 unspecified atom stereocenters. The zero-order valence-corrected chi connectivity index (χ0v) is 21.4. The molecule has 3 fully saturated rings.